The van der Waals surface area contributed by atoms with Gasteiger partial charge in [0.05, 0.1) is 22.1 Å². The van der Waals surface area contributed by atoms with Crippen molar-refractivity contribution in [3.05, 3.63) is 67.1 Å². The predicted octanol–water partition coefficient (Wildman–Crippen LogP) is 4.74. The van der Waals surface area contributed by atoms with Gasteiger partial charge in [-0.25, -0.2) is 0 Å². The number of hydrogen-bond acceptors (Lipinski definition) is 3. The molecular weight excluding hydrogens is 351 g/mol. The van der Waals surface area contributed by atoms with Gasteiger partial charge in [-0.2, -0.15) is 0 Å². The Morgan fingerprint density at radius 2 is 1.73 bits per heavy atom. The van der Waals surface area contributed by atoms with Crippen LogP contribution in [0.1, 0.15) is 5.56 Å². The summed E-state index contributed by atoms with van der Waals surface area (Å²) in [6.45, 7) is 0. The summed E-state index contributed by atoms with van der Waals surface area (Å²) in [5, 5.41) is 13.8. The Morgan fingerprint density at radius 3 is 2.32 bits per heavy atom. The molecule has 22 heavy (non-hydrogen) atoms. The first-order chi connectivity index (χ1) is 10.4. The summed E-state index contributed by atoms with van der Waals surface area (Å²) in [6.07, 6.45) is 0.113. The van der Waals surface area contributed by atoms with E-state index in [9.17, 15) is 14.9 Å². The number of benzene rings is 2. The minimum Gasteiger partial charge on any atom is -0.324 e. The van der Waals surface area contributed by atoms with Crippen molar-refractivity contribution in [1.29, 1.82) is 0 Å². The molecule has 1 amide bonds. The maximum atomic E-state index is 12.0. The van der Waals surface area contributed by atoms with E-state index in [2.05, 4.69) is 5.32 Å². The molecule has 2 aromatic carbocycles. The number of nitro benzene ring substituents is 1. The second kappa shape index (κ2) is 6.96. The molecule has 0 saturated carbocycles. The van der Waals surface area contributed by atoms with Crippen molar-refractivity contribution in [3.63, 3.8) is 0 Å². The second-order valence-corrected chi connectivity index (χ2v) is 5.64. The van der Waals surface area contributed by atoms with Gasteiger partial charge >= 0.3 is 0 Å². The molecule has 0 radical (unpaired) electrons. The first-order valence-electron chi connectivity index (χ1n) is 6.04. The van der Waals surface area contributed by atoms with Crippen LogP contribution in [0.15, 0.2) is 36.4 Å². The lowest BCUT2D eigenvalue weighted by Gasteiger charge is -2.08. The summed E-state index contributed by atoms with van der Waals surface area (Å²) >= 11 is 17.5. The summed E-state index contributed by atoms with van der Waals surface area (Å²) in [6, 6.07) is 9.17. The summed E-state index contributed by atoms with van der Waals surface area (Å²) in [4.78, 5) is 22.1. The number of halogens is 3. The molecule has 0 aliphatic carbocycles. The fraction of sp³-hybridized carbons (Fsp3) is 0.0714. The topological polar surface area (TPSA) is 72.2 Å². The maximum absolute atomic E-state index is 12.0. The second-order valence-electron chi connectivity index (χ2n) is 4.39. The van der Waals surface area contributed by atoms with Crippen LogP contribution in [0.3, 0.4) is 0 Å². The zero-order valence-corrected chi connectivity index (χ0v) is 13.2. The van der Waals surface area contributed by atoms with E-state index in [1.165, 1.54) is 6.07 Å². The zero-order chi connectivity index (χ0) is 16.3. The lowest BCUT2D eigenvalue weighted by Crippen LogP contribution is -2.14. The number of nitrogens with one attached hydrogen (secondary N) is 1. The van der Waals surface area contributed by atoms with Crippen LogP contribution in [-0.2, 0) is 11.2 Å². The van der Waals surface area contributed by atoms with Crippen LogP contribution in [0, 0.1) is 10.1 Å². The minimum absolute atomic E-state index is 0.0422. The van der Waals surface area contributed by atoms with E-state index in [4.69, 9.17) is 34.8 Å². The summed E-state index contributed by atoms with van der Waals surface area (Å²) < 4.78 is 0. The molecule has 0 aromatic heterocycles. The average Bonchev–Trinajstić information content (AvgIpc) is 2.44. The zero-order valence-electron chi connectivity index (χ0n) is 11.0. The molecule has 0 heterocycles. The Hall–Kier alpha value is -1.82. The fourth-order valence-electron chi connectivity index (χ4n) is 1.75. The third-order valence-corrected chi connectivity index (χ3v) is 3.65. The Morgan fingerprint density at radius 1 is 1.09 bits per heavy atom. The maximum Gasteiger partial charge on any atom is 0.289 e. The van der Waals surface area contributed by atoms with Crippen molar-refractivity contribution in [1.82, 2.24) is 0 Å². The summed E-state index contributed by atoms with van der Waals surface area (Å²) in [5.74, 6) is -0.325. The van der Waals surface area contributed by atoms with Gasteiger partial charge in [0.15, 0.2) is 0 Å². The molecule has 0 aliphatic heterocycles. The first kappa shape index (κ1) is 16.5. The average molecular weight is 360 g/mol. The molecule has 0 unspecified atom stereocenters. The molecule has 0 atom stereocenters. The first-order valence-corrected chi connectivity index (χ1v) is 7.18. The van der Waals surface area contributed by atoms with E-state index in [1.54, 1.807) is 24.3 Å². The van der Waals surface area contributed by atoms with Crippen LogP contribution < -0.4 is 5.32 Å². The SMILES string of the molecule is O=C(Cc1ccc(Cl)cc1)Nc1cc(Cl)c([N+](=O)[O-])cc1Cl. The number of carbonyl (C=O) groups is 1. The Balaban J connectivity index is 2.13. The van der Waals surface area contributed by atoms with Gasteiger partial charge in [-0.3, -0.25) is 14.9 Å². The van der Waals surface area contributed by atoms with Crippen molar-refractivity contribution >= 4 is 52.1 Å². The molecule has 2 rings (SSSR count). The molecule has 5 nitrogen and oxygen atoms in total. The molecule has 0 bridgehead atoms. The highest BCUT2D eigenvalue weighted by atomic mass is 35.5. The Kier molecular flexibility index (Phi) is 5.24. The monoisotopic (exact) mass is 358 g/mol. The van der Waals surface area contributed by atoms with Gasteiger partial charge in [-0.1, -0.05) is 46.9 Å². The highest BCUT2D eigenvalue weighted by molar-refractivity contribution is 6.37. The van der Waals surface area contributed by atoms with E-state index in [0.29, 0.717) is 5.02 Å². The van der Waals surface area contributed by atoms with E-state index in [-0.39, 0.29) is 33.7 Å². The van der Waals surface area contributed by atoms with Crippen molar-refractivity contribution in [2.24, 2.45) is 0 Å². The number of hydrogen-bond donors (Lipinski definition) is 1. The third kappa shape index (κ3) is 4.10. The van der Waals surface area contributed by atoms with Crippen LogP contribution in [-0.4, -0.2) is 10.8 Å². The quantitative estimate of drug-likeness (QED) is 0.633. The minimum atomic E-state index is -0.645. The lowest BCUT2D eigenvalue weighted by molar-refractivity contribution is -0.384. The molecule has 0 spiro atoms. The fourth-order valence-corrected chi connectivity index (χ4v) is 2.32. The highest BCUT2D eigenvalue weighted by Crippen LogP contribution is 2.33. The van der Waals surface area contributed by atoms with Crippen LogP contribution in [0.4, 0.5) is 11.4 Å². The van der Waals surface area contributed by atoms with Gasteiger partial charge in [0.2, 0.25) is 5.91 Å². The Bertz CT molecular complexity index is 733. The van der Waals surface area contributed by atoms with Crippen LogP contribution >= 0.6 is 34.8 Å². The van der Waals surface area contributed by atoms with E-state index in [0.717, 1.165) is 11.6 Å². The van der Waals surface area contributed by atoms with E-state index < -0.39 is 4.92 Å². The van der Waals surface area contributed by atoms with Crippen LogP contribution in [0.25, 0.3) is 0 Å². The Labute approximate surface area is 140 Å². The molecule has 0 aliphatic rings. The molecular formula is C14H9Cl3N2O3. The van der Waals surface area contributed by atoms with Gasteiger partial charge in [0.25, 0.3) is 5.69 Å². The van der Waals surface area contributed by atoms with E-state index in [1.807, 2.05) is 0 Å². The molecule has 8 heteroatoms. The molecule has 114 valence electrons. The molecule has 2 aromatic rings. The lowest BCUT2D eigenvalue weighted by atomic mass is 10.1. The van der Waals surface area contributed by atoms with Crippen LogP contribution in [0.2, 0.25) is 15.1 Å². The number of nitro groups is 1. The molecule has 0 saturated heterocycles. The van der Waals surface area contributed by atoms with Gasteiger partial charge in [0.1, 0.15) is 5.02 Å². The van der Waals surface area contributed by atoms with Crippen molar-refractivity contribution in [2.75, 3.05) is 5.32 Å². The largest absolute Gasteiger partial charge is 0.324 e. The molecule has 1 N–H and O–H groups in total. The smallest absolute Gasteiger partial charge is 0.289 e. The summed E-state index contributed by atoms with van der Waals surface area (Å²) in [7, 11) is 0. The van der Waals surface area contributed by atoms with Gasteiger partial charge in [-0.15, -0.1) is 0 Å². The standard InChI is InChI=1S/C14H9Cl3N2O3/c15-9-3-1-8(2-4-9)5-14(20)18-12-6-11(17)13(19(21)22)7-10(12)16/h1-4,6-7H,5H2,(H,18,20). The normalized spacial score (nSPS) is 10.3. The van der Waals surface area contributed by atoms with Gasteiger partial charge in [-0.05, 0) is 23.8 Å². The van der Waals surface area contributed by atoms with Gasteiger partial charge < -0.3 is 5.32 Å². The highest BCUT2D eigenvalue weighted by Gasteiger charge is 2.17. The van der Waals surface area contributed by atoms with Gasteiger partial charge in [0, 0.05) is 11.1 Å². The summed E-state index contributed by atoms with van der Waals surface area (Å²) in [5.41, 5.74) is 0.671. The molecule has 0 fully saturated rings. The number of nitrogens with zero attached hydrogens (tertiary/aromatic N) is 1. The van der Waals surface area contributed by atoms with Crippen molar-refractivity contribution < 1.29 is 9.72 Å². The number of anilines is 1. The van der Waals surface area contributed by atoms with E-state index >= 15 is 0 Å². The van der Waals surface area contributed by atoms with Crippen molar-refractivity contribution in [2.45, 2.75) is 6.42 Å². The third-order valence-electron chi connectivity index (χ3n) is 2.79. The predicted molar refractivity (Wildman–Crippen MR) is 86.9 cm³/mol. The number of amides is 1. The van der Waals surface area contributed by atoms with Crippen LogP contribution in [0.5, 0.6) is 0 Å². The number of carbonyl (C=O) groups excluding carboxylic acids is 1. The number of rotatable bonds is 4. The van der Waals surface area contributed by atoms with Crippen molar-refractivity contribution in [3.8, 4) is 0 Å².